The fourth-order valence-corrected chi connectivity index (χ4v) is 7.96. The van der Waals surface area contributed by atoms with Crippen molar-refractivity contribution in [1.82, 2.24) is 23.8 Å². The average Bonchev–Trinajstić information content (AvgIpc) is 3.89. The molecule has 3 aromatic heterocycles. The summed E-state index contributed by atoms with van der Waals surface area (Å²) >= 11 is 0. The molecule has 1 aliphatic rings. The van der Waals surface area contributed by atoms with Crippen LogP contribution in [0.2, 0.25) is 0 Å². The van der Waals surface area contributed by atoms with Gasteiger partial charge in [0.1, 0.15) is 17.2 Å². The van der Waals surface area contributed by atoms with Crippen LogP contribution in [0.1, 0.15) is 39.5 Å². The summed E-state index contributed by atoms with van der Waals surface area (Å²) in [6.07, 6.45) is 10.6. The van der Waals surface area contributed by atoms with Crippen LogP contribution in [0.4, 0.5) is 11.4 Å². The number of pyridine rings is 1. The Morgan fingerprint density at radius 3 is 2.28 bits per heavy atom. The second-order valence-electron chi connectivity index (χ2n) is 13.7. The smallest absolute Gasteiger partial charge is 0.509 e. The number of hydrogen-bond acceptors (Lipinski definition) is 3. The molecule has 0 fully saturated rings. The third-order valence-corrected chi connectivity index (χ3v) is 10.5. The van der Waals surface area contributed by atoms with E-state index in [1.54, 1.807) is 0 Å². The molecule has 0 N–H and O–H groups in total. The van der Waals surface area contributed by atoms with Crippen molar-refractivity contribution in [2.75, 3.05) is 13.1 Å². The number of nitrogens with zero attached hydrogens (tertiary/aromatic N) is 5. The van der Waals surface area contributed by atoms with Gasteiger partial charge < -0.3 is 9.30 Å². The number of ether oxygens (including phenoxy) is 1. The largest absolute Gasteiger partial charge is 2.00 e. The maximum absolute atomic E-state index is 6.41. The first-order valence-electron chi connectivity index (χ1n) is 18.4. The van der Waals surface area contributed by atoms with Gasteiger partial charge in [-0.15, -0.1) is 35.7 Å². The summed E-state index contributed by atoms with van der Waals surface area (Å²) in [7, 11) is 0. The van der Waals surface area contributed by atoms with Gasteiger partial charge in [-0.1, -0.05) is 74.7 Å². The van der Waals surface area contributed by atoms with Crippen LogP contribution in [0.3, 0.4) is 0 Å². The number of hydrogen-bond donors (Lipinski definition) is 0. The van der Waals surface area contributed by atoms with Crippen LogP contribution >= 0.6 is 0 Å². The molecule has 0 aliphatic carbocycles. The second-order valence-corrected chi connectivity index (χ2v) is 13.7. The molecule has 0 saturated carbocycles. The summed E-state index contributed by atoms with van der Waals surface area (Å²) < 4.78 is 11.3. The standard InChI is InChI=1S/C46H40N5O.Pt/c1-3-5-26-51(27-6-4-2)44-19-10-8-17-40(44)41-23-21-33(28-45(41)51)34-31-48-49(32-34)35-14-13-15-36(29-35)52-37-22-24-39-38-16-7-9-18-42(38)50(43(39)30-37)46-20-11-12-25-47-46;/h7-25,28,31-32H,3-6,26-27H2,1-2H3;/q-1;+2. The molecule has 0 radical (unpaired) electrons. The Labute approximate surface area is 325 Å². The molecule has 7 heteroatoms. The quantitative estimate of drug-likeness (QED) is 0.0961. The van der Waals surface area contributed by atoms with Gasteiger partial charge in [-0.3, -0.25) is 9.16 Å². The van der Waals surface area contributed by atoms with Crippen LogP contribution in [0.25, 0.3) is 55.6 Å². The van der Waals surface area contributed by atoms with E-state index in [0.29, 0.717) is 11.5 Å². The average molecular weight is 874 g/mol. The third kappa shape index (κ3) is 6.10. The third-order valence-electron chi connectivity index (χ3n) is 10.5. The number of benzene rings is 5. The minimum absolute atomic E-state index is 0. The zero-order chi connectivity index (χ0) is 35.1. The maximum Gasteiger partial charge on any atom is 2.00 e. The Morgan fingerprint density at radius 1 is 0.679 bits per heavy atom. The minimum Gasteiger partial charge on any atom is -0.509 e. The van der Waals surface area contributed by atoms with Crippen molar-refractivity contribution in [3.63, 3.8) is 0 Å². The van der Waals surface area contributed by atoms with Crippen molar-refractivity contribution in [1.29, 1.82) is 0 Å². The molecule has 5 aromatic carbocycles. The fourth-order valence-electron chi connectivity index (χ4n) is 7.96. The Hall–Kier alpha value is -5.29. The Balaban J connectivity index is 0.00000400. The van der Waals surface area contributed by atoms with Crippen molar-refractivity contribution < 1.29 is 25.8 Å². The van der Waals surface area contributed by atoms with Gasteiger partial charge in [0.15, 0.2) is 0 Å². The van der Waals surface area contributed by atoms with Gasteiger partial charge in [0.2, 0.25) is 0 Å². The first-order chi connectivity index (χ1) is 25.7. The van der Waals surface area contributed by atoms with Crippen LogP contribution in [0.15, 0.2) is 134 Å². The number of para-hydroxylation sites is 2. The van der Waals surface area contributed by atoms with E-state index in [1.165, 1.54) is 53.7 Å². The van der Waals surface area contributed by atoms with Crippen molar-refractivity contribution in [2.45, 2.75) is 39.5 Å². The van der Waals surface area contributed by atoms with Crippen molar-refractivity contribution in [3.8, 4) is 45.3 Å². The van der Waals surface area contributed by atoms with E-state index in [4.69, 9.17) is 9.84 Å². The van der Waals surface area contributed by atoms with Crippen LogP contribution in [-0.2, 0) is 21.1 Å². The first kappa shape index (κ1) is 34.8. The van der Waals surface area contributed by atoms with E-state index < -0.39 is 0 Å². The van der Waals surface area contributed by atoms with Crippen LogP contribution in [0.5, 0.6) is 11.5 Å². The fraction of sp³-hybridized carbons (Fsp3) is 0.174. The van der Waals surface area contributed by atoms with E-state index in [1.807, 2.05) is 59.5 Å². The zero-order valence-corrected chi connectivity index (χ0v) is 32.2. The van der Waals surface area contributed by atoms with Gasteiger partial charge in [-0.05, 0) is 59.8 Å². The molecule has 1 aliphatic heterocycles. The molecule has 6 nitrogen and oxygen atoms in total. The van der Waals surface area contributed by atoms with Gasteiger partial charge in [0, 0.05) is 58.2 Å². The van der Waals surface area contributed by atoms with Crippen molar-refractivity contribution >= 4 is 33.2 Å². The molecule has 8 aromatic rings. The normalized spacial score (nSPS) is 12.8. The predicted octanol–water partition coefficient (Wildman–Crippen LogP) is 11.6. The van der Waals surface area contributed by atoms with Crippen molar-refractivity contribution in [3.05, 3.63) is 146 Å². The number of aromatic nitrogens is 4. The summed E-state index contributed by atoms with van der Waals surface area (Å²) in [5, 5.41) is 7.04. The molecule has 53 heavy (non-hydrogen) atoms. The monoisotopic (exact) mass is 873 g/mol. The second kappa shape index (κ2) is 14.6. The van der Waals surface area contributed by atoms with Crippen molar-refractivity contribution in [2.24, 2.45) is 0 Å². The van der Waals surface area contributed by atoms with E-state index in [-0.39, 0.29) is 21.1 Å². The molecule has 264 valence electrons. The first-order valence-corrected chi connectivity index (χ1v) is 18.4. The predicted molar refractivity (Wildman–Crippen MR) is 212 cm³/mol. The van der Waals surface area contributed by atoms with Crippen LogP contribution in [-0.4, -0.2) is 32.4 Å². The van der Waals surface area contributed by atoms with Crippen LogP contribution in [0, 0.1) is 12.1 Å². The van der Waals surface area contributed by atoms with Gasteiger partial charge in [0.05, 0.1) is 19.3 Å². The molecule has 0 bridgehead atoms. The van der Waals surface area contributed by atoms with Crippen LogP contribution < -0.4 is 9.22 Å². The number of quaternary nitrogens is 1. The van der Waals surface area contributed by atoms with Gasteiger partial charge in [-0.25, -0.2) is 4.98 Å². The molecule has 0 amide bonds. The van der Waals surface area contributed by atoms with E-state index in [2.05, 4.69) is 115 Å². The minimum atomic E-state index is 0. The van der Waals surface area contributed by atoms with E-state index >= 15 is 0 Å². The van der Waals surface area contributed by atoms with Gasteiger partial charge in [0.25, 0.3) is 0 Å². The molecule has 9 rings (SSSR count). The van der Waals surface area contributed by atoms with E-state index in [9.17, 15) is 0 Å². The van der Waals surface area contributed by atoms with Gasteiger partial charge in [-0.2, -0.15) is 17.2 Å². The number of rotatable bonds is 11. The molecule has 0 atom stereocenters. The van der Waals surface area contributed by atoms with Gasteiger partial charge >= 0.3 is 21.1 Å². The van der Waals surface area contributed by atoms with E-state index in [0.717, 1.165) is 56.4 Å². The summed E-state index contributed by atoms with van der Waals surface area (Å²) in [5.74, 6) is 2.04. The number of unbranched alkanes of at least 4 members (excludes halogenated alkanes) is 2. The topological polar surface area (TPSA) is 44.9 Å². The maximum atomic E-state index is 6.41. The Kier molecular flexibility index (Phi) is 9.59. The molecular formula is C46H40N5OPt+. The SMILES string of the molecule is CCCC[N+]1(CCCC)c2ccccc2-c2ccc(-c3cnn(-c4[c-]c(Oc5[c-]c6c(cc5)c5ccccc5n6-c5ccccn5)ccc4)c3)cc21.[Pt+2]. The molecule has 0 unspecified atom stereocenters. The summed E-state index contributed by atoms with van der Waals surface area (Å²) in [5.41, 5.74) is 10.6. The molecule has 4 heterocycles. The molecule has 0 saturated heterocycles. The Morgan fingerprint density at radius 2 is 1.45 bits per heavy atom. The summed E-state index contributed by atoms with van der Waals surface area (Å²) in [4.78, 5) is 4.65. The summed E-state index contributed by atoms with van der Waals surface area (Å²) in [6.45, 7) is 6.81. The Bertz CT molecular complexity index is 2550. The summed E-state index contributed by atoms with van der Waals surface area (Å²) in [6, 6.07) is 47.3. The molecular weight excluding hydrogens is 834 g/mol. The molecule has 0 spiro atoms. The number of fused-ring (bicyclic) bond motifs is 6. The zero-order valence-electron chi connectivity index (χ0n) is 29.9.